The van der Waals surface area contributed by atoms with Crippen molar-refractivity contribution in [3.63, 3.8) is 0 Å². The van der Waals surface area contributed by atoms with Crippen LogP contribution >= 0.6 is 0 Å². The third-order valence-electron chi connectivity index (χ3n) is 6.72. The fraction of sp³-hybridized carbons (Fsp3) is 1.00. The van der Waals surface area contributed by atoms with Crippen LogP contribution in [-0.4, -0.2) is 12.6 Å². The summed E-state index contributed by atoms with van der Waals surface area (Å²) in [7, 11) is 2.14. The molecule has 0 aliphatic heterocycles. The fourth-order valence-electron chi connectivity index (χ4n) is 5.24. The number of hydrogen-bond acceptors (Lipinski definition) is 1. The van der Waals surface area contributed by atoms with Crippen LogP contribution < -0.4 is 5.32 Å². The van der Waals surface area contributed by atoms with Gasteiger partial charge >= 0.3 is 0 Å². The standard InChI is InChI=1S/C21H43N/c1-10-19(21(7,8)22-9)18(13-14(2)3)20(15(4)5)17-12-11-16(17)6/h14-20,22H,10-13H2,1-9H3. The van der Waals surface area contributed by atoms with E-state index in [2.05, 4.69) is 67.8 Å². The number of rotatable bonds is 9. The minimum Gasteiger partial charge on any atom is -0.315 e. The Morgan fingerprint density at radius 1 is 1.09 bits per heavy atom. The zero-order valence-electron chi connectivity index (χ0n) is 16.9. The summed E-state index contributed by atoms with van der Waals surface area (Å²) in [6, 6.07) is 0. The minimum absolute atomic E-state index is 0.231. The van der Waals surface area contributed by atoms with Gasteiger partial charge in [0, 0.05) is 5.54 Å². The van der Waals surface area contributed by atoms with Crippen LogP contribution in [0.5, 0.6) is 0 Å². The van der Waals surface area contributed by atoms with Gasteiger partial charge in [-0.15, -0.1) is 0 Å². The van der Waals surface area contributed by atoms with Gasteiger partial charge in [-0.05, 0) is 75.2 Å². The minimum atomic E-state index is 0.231. The molecular formula is C21H43N. The molecule has 1 aliphatic rings. The first-order valence-corrected chi connectivity index (χ1v) is 9.84. The molecule has 0 aromatic rings. The molecule has 1 fully saturated rings. The fourth-order valence-corrected chi connectivity index (χ4v) is 5.24. The van der Waals surface area contributed by atoms with Gasteiger partial charge in [0.15, 0.2) is 0 Å². The summed E-state index contributed by atoms with van der Waals surface area (Å²) >= 11 is 0. The predicted molar refractivity (Wildman–Crippen MR) is 100 cm³/mol. The lowest BCUT2D eigenvalue weighted by Gasteiger charge is -2.51. The second kappa shape index (κ2) is 8.18. The molecule has 5 unspecified atom stereocenters. The van der Waals surface area contributed by atoms with Crippen molar-refractivity contribution in [3.8, 4) is 0 Å². The van der Waals surface area contributed by atoms with Crippen molar-refractivity contribution in [1.82, 2.24) is 5.32 Å². The molecule has 0 bridgehead atoms. The average molecular weight is 310 g/mol. The number of nitrogens with one attached hydrogen (secondary N) is 1. The Labute approximate surface area is 141 Å². The van der Waals surface area contributed by atoms with Gasteiger partial charge < -0.3 is 5.32 Å². The molecule has 0 radical (unpaired) electrons. The predicted octanol–water partition coefficient (Wildman–Crippen LogP) is 5.99. The van der Waals surface area contributed by atoms with Crippen LogP contribution in [0.4, 0.5) is 0 Å². The highest BCUT2D eigenvalue weighted by atomic mass is 14.9. The third kappa shape index (κ3) is 4.49. The summed E-state index contributed by atoms with van der Waals surface area (Å²) in [5, 5.41) is 3.63. The molecule has 0 aromatic carbocycles. The summed E-state index contributed by atoms with van der Waals surface area (Å²) in [5.74, 6) is 6.01. The van der Waals surface area contributed by atoms with Gasteiger partial charge in [-0.3, -0.25) is 0 Å². The van der Waals surface area contributed by atoms with Crippen LogP contribution in [-0.2, 0) is 0 Å². The lowest BCUT2D eigenvalue weighted by atomic mass is 9.56. The zero-order valence-corrected chi connectivity index (χ0v) is 16.9. The van der Waals surface area contributed by atoms with E-state index < -0.39 is 0 Å². The molecule has 1 aliphatic carbocycles. The third-order valence-corrected chi connectivity index (χ3v) is 6.72. The van der Waals surface area contributed by atoms with E-state index in [-0.39, 0.29) is 5.54 Å². The Bertz CT molecular complexity index is 318. The Kier molecular flexibility index (Phi) is 7.43. The highest BCUT2D eigenvalue weighted by molar-refractivity contribution is 4.96. The van der Waals surface area contributed by atoms with E-state index in [4.69, 9.17) is 0 Å². The molecule has 0 saturated heterocycles. The quantitative estimate of drug-likeness (QED) is 0.551. The normalized spacial score (nSPS) is 26.9. The van der Waals surface area contributed by atoms with Gasteiger partial charge in [-0.25, -0.2) is 0 Å². The second-order valence-electron chi connectivity index (χ2n) is 9.32. The van der Waals surface area contributed by atoms with Crippen molar-refractivity contribution in [2.24, 2.45) is 41.4 Å². The molecule has 1 saturated carbocycles. The molecule has 0 heterocycles. The first-order chi connectivity index (χ1) is 10.2. The smallest absolute Gasteiger partial charge is 0.0152 e. The first kappa shape index (κ1) is 20.0. The largest absolute Gasteiger partial charge is 0.315 e. The first-order valence-electron chi connectivity index (χ1n) is 9.84. The molecular weight excluding hydrogens is 266 g/mol. The van der Waals surface area contributed by atoms with Crippen molar-refractivity contribution < 1.29 is 0 Å². The molecule has 0 amide bonds. The van der Waals surface area contributed by atoms with Crippen molar-refractivity contribution >= 4 is 0 Å². The second-order valence-corrected chi connectivity index (χ2v) is 9.32. The molecule has 5 atom stereocenters. The average Bonchev–Trinajstić information content (AvgIpc) is 2.41. The van der Waals surface area contributed by atoms with E-state index in [1.54, 1.807) is 0 Å². The zero-order chi connectivity index (χ0) is 17.1. The SMILES string of the molecule is CCC(C(CC(C)C)C(C(C)C)C1CCC1C)C(C)(C)NC. The van der Waals surface area contributed by atoms with E-state index in [0.29, 0.717) is 0 Å². The van der Waals surface area contributed by atoms with Crippen LogP contribution in [0.15, 0.2) is 0 Å². The summed E-state index contributed by atoms with van der Waals surface area (Å²) in [4.78, 5) is 0. The molecule has 0 spiro atoms. The van der Waals surface area contributed by atoms with Crippen molar-refractivity contribution in [2.45, 2.75) is 86.6 Å². The van der Waals surface area contributed by atoms with Crippen LogP contribution in [0.2, 0.25) is 0 Å². The molecule has 132 valence electrons. The monoisotopic (exact) mass is 309 g/mol. The molecule has 1 N–H and O–H groups in total. The maximum Gasteiger partial charge on any atom is 0.0152 e. The molecule has 0 aromatic heterocycles. The lowest BCUT2D eigenvalue weighted by molar-refractivity contribution is -0.00655. The van der Waals surface area contributed by atoms with Gasteiger partial charge in [-0.1, -0.05) is 54.4 Å². The van der Waals surface area contributed by atoms with E-state index in [1.807, 2.05) is 0 Å². The maximum absolute atomic E-state index is 3.63. The highest BCUT2D eigenvalue weighted by Gasteiger charge is 2.45. The van der Waals surface area contributed by atoms with E-state index in [9.17, 15) is 0 Å². The van der Waals surface area contributed by atoms with Crippen molar-refractivity contribution in [2.75, 3.05) is 7.05 Å². The van der Waals surface area contributed by atoms with Gasteiger partial charge in [0.25, 0.3) is 0 Å². The van der Waals surface area contributed by atoms with E-state index >= 15 is 0 Å². The van der Waals surface area contributed by atoms with Crippen molar-refractivity contribution in [3.05, 3.63) is 0 Å². The summed E-state index contributed by atoms with van der Waals surface area (Å²) in [5.41, 5.74) is 0.231. The van der Waals surface area contributed by atoms with Gasteiger partial charge in [0.2, 0.25) is 0 Å². The van der Waals surface area contributed by atoms with E-state index in [1.165, 1.54) is 25.7 Å². The highest BCUT2D eigenvalue weighted by Crippen LogP contribution is 2.50. The Hall–Kier alpha value is -0.0400. The van der Waals surface area contributed by atoms with Crippen LogP contribution in [0.25, 0.3) is 0 Å². The maximum atomic E-state index is 3.63. The van der Waals surface area contributed by atoms with Gasteiger partial charge in [0.1, 0.15) is 0 Å². The Morgan fingerprint density at radius 2 is 1.68 bits per heavy atom. The Balaban J connectivity index is 3.11. The summed E-state index contributed by atoms with van der Waals surface area (Å²) < 4.78 is 0. The van der Waals surface area contributed by atoms with Crippen LogP contribution in [0, 0.1) is 41.4 Å². The van der Waals surface area contributed by atoms with Crippen LogP contribution in [0.1, 0.15) is 81.1 Å². The molecule has 1 nitrogen and oxygen atoms in total. The molecule has 1 rings (SSSR count). The number of hydrogen-bond donors (Lipinski definition) is 1. The molecule has 1 heteroatoms. The van der Waals surface area contributed by atoms with Crippen molar-refractivity contribution in [1.29, 1.82) is 0 Å². The molecule has 22 heavy (non-hydrogen) atoms. The topological polar surface area (TPSA) is 12.0 Å². The van der Waals surface area contributed by atoms with Gasteiger partial charge in [-0.2, -0.15) is 0 Å². The lowest BCUT2D eigenvalue weighted by Crippen LogP contribution is -2.51. The summed E-state index contributed by atoms with van der Waals surface area (Å²) in [6.07, 6.45) is 5.59. The van der Waals surface area contributed by atoms with E-state index in [0.717, 1.165) is 41.4 Å². The summed E-state index contributed by atoms with van der Waals surface area (Å²) in [6.45, 7) is 19.5. The van der Waals surface area contributed by atoms with Crippen LogP contribution in [0.3, 0.4) is 0 Å². The Morgan fingerprint density at radius 3 is 1.95 bits per heavy atom. The van der Waals surface area contributed by atoms with Gasteiger partial charge in [0.05, 0.1) is 0 Å².